The van der Waals surface area contributed by atoms with E-state index < -0.39 is 18.2 Å². The number of carbonyl (C=O) groups is 1. The lowest BCUT2D eigenvalue weighted by atomic mass is 10.0. The Balaban J connectivity index is 3.68. The third-order valence-electron chi connectivity index (χ3n) is 11.1. The Morgan fingerprint density at radius 3 is 1.16 bits per heavy atom. The van der Waals surface area contributed by atoms with Crippen molar-refractivity contribution in [1.82, 2.24) is 5.32 Å². The summed E-state index contributed by atoms with van der Waals surface area (Å²) in [6.45, 7) is 4.21. The fourth-order valence-corrected chi connectivity index (χ4v) is 7.41. The Morgan fingerprint density at radius 1 is 0.455 bits per heavy atom. The van der Waals surface area contributed by atoms with Gasteiger partial charge in [-0.15, -0.1) is 0 Å². The molecule has 0 spiro atoms. The Kier molecular flexibility index (Phi) is 44.1. The molecule has 0 rings (SSSR count). The van der Waals surface area contributed by atoms with E-state index >= 15 is 0 Å². The maximum absolute atomic E-state index is 12.5. The Morgan fingerprint density at radius 2 is 0.782 bits per heavy atom. The van der Waals surface area contributed by atoms with Crippen LogP contribution in [0.5, 0.6) is 0 Å². The van der Waals surface area contributed by atoms with Crippen molar-refractivity contribution in [2.75, 3.05) is 6.61 Å². The SMILES string of the molecule is CCCCCCCCCC/C=C\CCCCCCCC(O)CC(=O)NC(CO)C(O)/C=C/CC/C=C/CCCCCCCCCCCCCCCCCCC. The van der Waals surface area contributed by atoms with Crippen molar-refractivity contribution in [1.29, 1.82) is 0 Å². The second-order valence-electron chi connectivity index (χ2n) is 16.7. The molecule has 4 N–H and O–H groups in total. The van der Waals surface area contributed by atoms with Gasteiger partial charge < -0.3 is 20.6 Å². The molecule has 0 heterocycles. The fourth-order valence-electron chi connectivity index (χ4n) is 7.41. The minimum atomic E-state index is -0.954. The van der Waals surface area contributed by atoms with Crippen molar-refractivity contribution in [3.8, 4) is 0 Å². The molecule has 0 aromatic carbocycles. The molecule has 0 saturated heterocycles. The van der Waals surface area contributed by atoms with Crippen LogP contribution in [-0.4, -0.2) is 46.1 Å². The van der Waals surface area contributed by atoms with Crippen LogP contribution in [0.2, 0.25) is 0 Å². The summed E-state index contributed by atoms with van der Waals surface area (Å²) in [6.07, 6.45) is 57.3. The minimum Gasteiger partial charge on any atom is -0.394 e. The fraction of sp³-hybridized carbons (Fsp3) is 0.860. The van der Waals surface area contributed by atoms with E-state index in [4.69, 9.17) is 0 Å². The Hall–Kier alpha value is -1.43. The molecule has 1 amide bonds. The molecular weight excluding hydrogens is 679 g/mol. The number of aliphatic hydroxyl groups excluding tert-OH is 3. The van der Waals surface area contributed by atoms with Crippen molar-refractivity contribution in [3.05, 3.63) is 36.5 Å². The first-order valence-corrected chi connectivity index (χ1v) is 24.3. The number of hydrogen-bond donors (Lipinski definition) is 4. The van der Waals surface area contributed by atoms with Crippen molar-refractivity contribution >= 4 is 5.91 Å². The van der Waals surface area contributed by atoms with Gasteiger partial charge in [-0.2, -0.15) is 0 Å². The van der Waals surface area contributed by atoms with Crippen LogP contribution in [0.4, 0.5) is 0 Å². The molecule has 0 aliphatic rings. The van der Waals surface area contributed by atoms with Gasteiger partial charge >= 0.3 is 0 Å². The monoisotopic (exact) mass is 774 g/mol. The molecule has 0 aliphatic carbocycles. The van der Waals surface area contributed by atoms with Crippen LogP contribution >= 0.6 is 0 Å². The molecule has 324 valence electrons. The molecular formula is C50H95NO4. The quantitative estimate of drug-likeness (QED) is 0.0367. The third kappa shape index (κ3) is 42.0. The summed E-state index contributed by atoms with van der Waals surface area (Å²) in [5, 5.41) is 33.3. The molecule has 55 heavy (non-hydrogen) atoms. The van der Waals surface area contributed by atoms with Gasteiger partial charge in [-0.25, -0.2) is 0 Å². The maximum Gasteiger partial charge on any atom is 0.222 e. The van der Waals surface area contributed by atoms with Crippen LogP contribution in [0.15, 0.2) is 36.5 Å². The van der Waals surface area contributed by atoms with Crippen LogP contribution in [0.3, 0.4) is 0 Å². The van der Waals surface area contributed by atoms with Crippen LogP contribution in [-0.2, 0) is 4.79 Å². The van der Waals surface area contributed by atoms with Crippen molar-refractivity contribution in [3.63, 3.8) is 0 Å². The first-order valence-electron chi connectivity index (χ1n) is 24.3. The lowest BCUT2D eigenvalue weighted by Gasteiger charge is -2.20. The molecule has 5 nitrogen and oxygen atoms in total. The van der Waals surface area contributed by atoms with E-state index in [0.29, 0.717) is 6.42 Å². The highest BCUT2D eigenvalue weighted by Crippen LogP contribution is 2.16. The predicted molar refractivity (Wildman–Crippen MR) is 241 cm³/mol. The second kappa shape index (κ2) is 45.3. The van der Waals surface area contributed by atoms with Crippen molar-refractivity contribution in [2.45, 2.75) is 270 Å². The predicted octanol–water partition coefficient (Wildman–Crippen LogP) is 14.3. The summed E-state index contributed by atoms with van der Waals surface area (Å²) >= 11 is 0. The van der Waals surface area contributed by atoms with E-state index in [1.165, 1.54) is 180 Å². The zero-order valence-electron chi connectivity index (χ0n) is 36.8. The maximum atomic E-state index is 12.5. The minimum absolute atomic E-state index is 0.000814. The molecule has 5 heteroatoms. The highest BCUT2D eigenvalue weighted by molar-refractivity contribution is 5.76. The molecule has 0 aliphatic heterocycles. The highest BCUT2D eigenvalue weighted by atomic mass is 16.3. The van der Waals surface area contributed by atoms with Crippen molar-refractivity contribution < 1.29 is 20.1 Å². The summed E-state index contributed by atoms with van der Waals surface area (Å²) in [5.74, 6) is -0.329. The summed E-state index contributed by atoms with van der Waals surface area (Å²) in [7, 11) is 0. The molecule has 3 atom stereocenters. The largest absolute Gasteiger partial charge is 0.394 e. The summed E-state index contributed by atoms with van der Waals surface area (Å²) in [6, 6.07) is -0.763. The van der Waals surface area contributed by atoms with E-state index in [-0.39, 0.29) is 18.9 Å². The van der Waals surface area contributed by atoms with Gasteiger partial charge in [-0.1, -0.05) is 224 Å². The van der Waals surface area contributed by atoms with Gasteiger partial charge in [0.15, 0.2) is 0 Å². The number of carbonyl (C=O) groups excluding carboxylic acids is 1. The number of allylic oxidation sites excluding steroid dienone is 5. The lowest BCUT2D eigenvalue weighted by molar-refractivity contribution is -0.124. The number of aliphatic hydroxyl groups is 3. The zero-order chi connectivity index (χ0) is 40.1. The second-order valence-corrected chi connectivity index (χ2v) is 16.7. The number of hydrogen-bond acceptors (Lipinski definition) is 4. The standard InChI is InChI=1S/C50H95NO4/c1-3-5-7-9-11-13-15-17-19-21-22-23-24-25-26-28-30-32-34-36-38-40-42-44-49(54)48(46-52)51-50(55)45-47(53)43-41-39-37-35-33-31-29-27-20-18-16-14-12-10-8-6-4-2/h27,29,34,36,42,44,47-49,52-54H,3-26,28,30-33,35,37-41,43,45-46H2,1-2H3,(H,51,55)/b29-27-,36-34+,44-42+. The number of amides is 1. The van der Waals surface area contributed by atoms with Gasteiger partial charge in [0.1, 0.15) is 0 Å². The van der Waals surface area contributed by atoms with E-state index in [0.717, 1.165) is 44.9 Å². The summed E-state index contributed by atoms with van der Waals surface area (Å²) in [5.41, 5.74) is 0. The number of nitrogens with one attached hydrogen (secondary N) is 1. The van der Waals surface area contributed by atoms with Crippen LogP contribution < -0.4 is 5.32 Å². The Bertz CT molecular complexity index is 855. The normalized spacial score (nSPS) is 13.8. The van der Waals surface area contributed by atoms with Gasteiger partial charge in [-0.3, -0.25) is 4.79 Å². The van der Waals surface area contributed by atoms with Gasteiger partial charge in [-0.05, 0) is 57.8 Å². The number of rotatable bonds is 44. The van der Waals surface area contributed by atoms with Gasteiger partial charge in [0, 0.05) is 0 Å². The summed E-state index contributed by atoms with van der Waals surface area (Å²) < 4.78 is 0. The van der Waals surface area contributed by atoms with Crippen LogP contribution in [0.25, 0.3) is 0 Å². The van der Waals surface area contributed by atoms with E-state index in [1.807, 2.05) is 6.08 Å². The lowest BCUT2D eigenvalue weighted by Crippen LogP contribution is -2.45. The zero-order valence-corrected chi connectivity index (χ0v) is 36.8. The number of unbranched alkanes of at least 4 members (excludes halogenated alkanes) is 31. The third-order valence-corrected chi connectivity index (χ3v) is 11.1. The molecule has 0 fully saturated rings. The first kappa shape index (κ1) is 53.6. The molecule has 0 aromatic rings. The molecule has 0 aromatic heterocycles. The molecule has 3 unspecified atom stereocenters. The molecule has 0 radical (unpaired) electrons. The molecule has 0 saturated carbocycles. The summed E-state index contributed by atoms with van der Waals surface area (Å²) in [4.78, 5) is 12.5. The van der Waals surface area contributed by atoms with Gasteiger partial charge in [0.25, 0.3) is 0 Å². The first-order chi connectivity index (χ1) is 27.0. The average Bonchev–Trinajstić information content (AvgIpc) is 3.18. The highest BCUT2D eigenvalue weighted by Gasteiger charge is 2.20. The van der Waals surface area contributed by atoms with Crippen LogP contribution in [0, 0.1) is 0 Å². The Labute approximate surface area is 343 Å². The topological polar surface area (TPSA) is 89.8 Å². The van der Waals surface area contributed by atoms with E-state index in [1.54, 1.807) is 6.08 Å². The van der Waals surface area contributed by atoms with Crippen LogP contribution in [0.1, 0.15) is 251 Å². The average molecular weight is 774 g/mol. The van der Waals surface area contributed by atoms with Crippen molar-refractivity contribution in [2.24, 2.45) is 0 Å². The molecule has 0 bridgehead atoms. The van der Waals surface area contributed by atoms with E-state index in [2.05, 4.69) is 43.5 Å². The van der Waals surface area contributed by atoms with E-state index in [9.17, 15) is 20.1 Å². The smallest absolute Gasteiger partial charge is 0.222 e. The van der Waals surface area contributed by atoms with Gasteiger partial charge in [0.2, 0.25) is 5.91 Å². The van der Waals surface area contributed by atoms with Gasteiger partial charge in [0.05, 0.1) is 31.3 Å².